The summed E-state index contributed by atoms with van der Waals surface area (Å²) in [6, 6.07) is 0.287. The Morgan fingerprint density at radius 1 is 1.36 bits per heavy atom. The summed E-state index contributed by atoms with van der Waals surface area (Å²) in [6.07, 6.45) is 5.39. The van der Waals surface area contributed by atoms with E-state index in [1.807, 2.05) is 0 Å². The number of nitrogens with one attached hydrogen (secondary N) is 1. The molecule has 0 aromatic rings. The third-order valence-electron chi connectivity index (χ3n) is 3.48. The summed E-state index contributed by atoms with van der Waals surface area (Å²) in [6.45, 7) is 3.84. The Bertz CT molecular complexity index is 190. The van der Waals surface area contributed by atoms with Crippen molar-refractivity contribution in [2.24, 2.45) is 0 Å². The van der Waals surface area contributed by atoms with Crippen LogP contribution in [0.2, 0.25) is 0 Å². The van der Waals surface area contributed by atoms with Gasteiger partial charge in [-0.1, -0.05) is 12.8 Å². The Morgan fingerprint density at radius 2 is 2.14 bits per heavy atom. The van der Waals surface area contributed by atoms with Crippen molar-refractivity contribution >= 4 is 0 Å². The molecule has 2 aliphatic rings. The van der Waals surface area contributed by atoms with E-state index in [0.29, 0.717) is 0 Å². The number of rotatable bonds is 2. The van der Waals surface area contributed by atoms with Crippen molar-refractivity contribution in [1.29, 1.82) is 0 Å². The highest BCUT2D eigenvalue weighted by atomic mass is 16.5. The third-order valence-corrected chi connectivity index (χ3v) is 3.48. The zero-order chi connectivity index (χ0) is 10.0. The molecule has 1 saturated heterocycles. The van der Waals surface area contributed by atoms with E-state index in [1.165, 1.54) is 12.8 Å². The third kappa shape index (κ3) is 2.27. The van der Waals surface area contributed by atoms with Gasteiger partial charge < -0.3 is 15.2 Å². The van der Waals surface area contributed by atoms with Crippen LogP contribution in [0.5, 0.6) is 0 Å². The van der Waals surface area contributed by atoms with Crippen molar-refractivity contribution in [3.8, 4) is 0 Å². The number of hydrogen-bond donors (Lipinski definition) is 2. The minimum atomic E-state index is -0.152. The van der Waals surface area contributed by atoms with Crippen LogP contribution in [0.3, 0.4) is 0 Å². The van der Waals surface area contributed by atoms with Crippen LogP contribution in [0, 0.1) is 0 Å². The largest absolute Gasteiger partial charge is 0.392 e. The lowest BCUT2D eigenvalue weighted by Gasteiger charge is -2.35. The highest BCUT2D eigenvalue weighted by Crippen LogP contribution is 2.24. The van der Waals surface area contributed by atoms with Crippen molar-refractivity contribution in [3.63, 3.8) is 0 Å². The first-order valence-electron chi connectivity index (χ1n) is 5.73. The Labute approximate surface area is 85.8 Å². The summed E-state index contributed by atoms with van der Waals surface area (Å²) in [5.41, 5.74) is 0.100. The Morgan fingerprint density at radius 3 is 2.79 bits per heavy atom. The van der Waals surface area contributed by atoms with E-state index in [0.717, 1.165) is 32.5 Å². The molecule has 2 rings (SSSR count). The first kappa shape index (κ1) is 10.4. The van der Waals surface area contributed by atoms with Crippen molar-refractivity contribution in [1.82, 2.24) is 5.32 Å². The second-order valence-electron chi connectivity index (χ2n) is 4.97. The van der Waals surface area contributed by atoms with Gasteiger partial charge in [-0.2, -0.15) is 0 Å². The maximum Gasteiger partial charge on any atom is 0.0693 e. The number of ether oxygens (including phenoxy) is 1. The van der Waals surface area contributed by atoms with Gasteiger partial charge in [0.1, 0.15) is 0 Å². The molecule has 1 aliphatic heterocycles. The van der Waals surface area contributed by atoms with E-state index >= 15 is 0 Å². The quantitative estimate of drug-likeness (QED) is 0.698. The molecule has 0 aromatic heterocycles. The molecule has 0 radical (unpaired) electrons. The van der Waals surface area contributed by atoms with E-state index in [9.17, 15) is 5.11 Å². The SMILES string of the molecule is CC1(NC2CCCCC2O)CCOC1. The van der Waals surface area contributed by atoms with E-state index in [4.69, 9.17) is 4.74 Å². The summed E-state index contributed by atoms with van der Waals surface area (Å²) >= 11 is 0. The molecule has 0 aromatic carbocycles. The van der Waals surface area contributed by atoms with E-state index in [1.54, 1.807) is 0 Å². The van der Waals surface area contributed by atoms with Crippen molar-refractivity contribution in [2.75, 3.05) is 13.2 Å². The molecule has 3 unspecified atom stereocenters. The smallest absolute Gasteiger partial charge is 0.0693 e. The van der Waals surface area contributed by atoms with Gasteiger partial charge >= 0.3 is 0 Å². The fraction of sp³-hybridized carbons (Fsp3) is 1.00. The van der Waals surface area contributed by atoms with Gasteiger partial charge in [0, 0.05) is 18.2 Å². The zero-order valence-electron chi connectivity index (χ0n) is 8.96. The lowest BCUT2D eigenvalue weighted by molar-refractivity contribution is 0.0695. The molecule has 3 nitrogen and oxygen atoms in total. The van der Waals surface area contributed by atoms with E-state index in [2.05, 4.69) is 12.2 Å². The summed E-state index contributed by atoms with van der Waals surface area (Å²) in [5, 5.41) is 13.4. The highest BCUT2D eigenvalue weighted by Gasteiger charge is 2.34. The first-order chi connectivity index (χ1) is 6.70. The molecule has 82 valence electrons. The second-order valence-corrected chi connectivity index (χ2v) is 4.97. The minimum Gasteiger partial charge on any atom is -0.392 e. The lowest BCUT2D eigenvalue weighted by atomic mass is 9.89. The van der Waals surface area contributed by atoms with E-state index in [-0.39, 0.29) is 17.7 Å². The lowest BCUT2D eigenvalue weighted by Crippen LogP contribution is -2.54. The molecular formula is C11H21NO2. The van der Waals surface area contributed by atoms with Crippen LogP contribution >= 0.6 is 0 Å². The van der Waals surface area contributed by atoms with Crippen LogP contribution in [-0.4, -0.2) is 36.0 Å². The molecule has 2 fully saturated rings. The molecule has 0 amide bonds. The Kier molecular flexibility index (Phi) is 3.10. The normalized spacial score (nSPS) is 44.1. The number of aliphatic hydroxyl groups excluding tert-OH is 1. The topological polar surface area (TPSA) is 41.5 Å². The van der Waals surface area contributed by atoms with Crippen LogP contribution in [0.1, 0.15) is 39.0 Å². The Balaban J connectivity index is 1.88. The van der Waals surface area contributed by atoms with Crippen molar-refractivity contribution < 1.29 is 9.84 Å². The molecule has 1 aliphatic carbocycles. The maximum atomic E-state index is 9.84. The van der Waals surface area contributed by atoms with Gasteiger partial charge in [0.2, 0.25) is 0 Å². The van der Waals surface area contributed by atoms with Crippen LogP contribution in [0.4, 0.5) is 0 Å². The predicted molar refractivity (Wildman–Crippen MR) is 55.2 cm³/mol. The fourth-order valence-electron chi connectivity index (χ4n) is 2.51. The average Bonchev–Trinajstić information content (AvgIpc) is 2.57. The molecule has 1 heterocycles. The van der Waals surface area contributed by atoms with Crippen molar-refractivity contribution in [2.45, 2.75) is 56.7 Å². The molecule has 3 heteroatoms. The summed E-state index contributed by atoms with van der Waals surface area (Å²) < 4.78 is 5.39. The van der Waals surface area contributed by atoms with Gasteiger partial charge in [0.25, 0.3) is 0 Å². The van der Waals surface area contributed by atoms with Crippen LogP contribution in [0.25, 0.3) is 0 Å². The van der Waals surface area contributed by atoms with Gasteiger partial charge in [-0.3, -0.25) is 0 Å². The number of aliphatic hydroxyl groups is 1. The standard InChI is InChI=1S/C11H21NO2/c1-11(6-7-14-8-11)12-9-4-2-3-5-10(9)13/h9-10,12-13H,2-8H2,1H3. The molecular weight excluding hydrogens is 178 g/mol. The molecule has 3 atom stereocenters. The molecule has 1 saturated carbocycles. The molecule has 14 heavy (non-hydrogen) atoms. The average molecular weight is 199 g/mol. The monoisotopic (exact) mass is 199 g/mol. The second kappa shape index (κ2) is 4.17. The van der Waals surface area contributed by atoms with Crippen LogP contribution in [-0.2, 0) is 4.74 Å². The van der Waals surface area contributed by atoms with Crippen LogP contribution in [0.15, 0.2) is 0 Å². The summed E-state index contributed by atoms with van der Waals surface area (Å²) in [5.74, 6) is 0. The van der Waals surface area contributed by atoms with Gasteiger partial charge in [0.15, 0.2) is 0 Å². The summed E-state index contributed by atoms with van der Waals surface area (Å²) in [4.78, 5) is 0. The highest BCUT2D eigenvalue weighted by molar-refractivity contribution is 4.93. The molecule has 2 N–H and O–H groups in total. The fourth-order valence-corrected chi connectivity index (χ4v) is 2.51. The maximum absolute atomic E-state index is 9.84. The van der Waals surface area contributed by atoms with E-state index < -0.39 is 0 Å². The Hall–Kier alpha value is -0.120. The molecule has 0 bridgehead atoms. The summed E-state index contributed by atoms with van der Waals surface area (Å²) in [7, 11) is 0. The zero-order valence-corrected chi connectivity index (χ0v) is 8.96. The van der Waals surface area contributed by atoms with Gasteiger partial charge in [-0.05, 0) is 26.2 Å². The van der Waals surface area contributed by atoms with Crippen LogP contribution < -0.4 is 5.32 Å². The number of hydrogen-bond acceptors (Lipinski definition) is 3. The van der Waals surface area contributed by atoms with Gasteiger partial charge in [0.05, 0.1) is 12.7 Å². The van der Waals surface area contributed by atoms with Gasteiger partial charge in [-0.25, -0.2) is 0 Å². The van der Waals surface area contributed by atoms with Gasteiger partial charge in [-0.15, -0.1) is 0 Å². The first-order valence-corrected chi connectivity index (χ1v) is 5.73. The predicted octanol–water partition coefficient (Wildman–Crippen LogP) is 1.06. The minimum absolute atomic E-state index is 0.100. The molecule has 0 spiro atoms. The van der Waals surface area contributed by atoms with Crippen molar-refractivity contribution in [3.05, 3.63) is 0 Å².